The van der Waals surface area contributed by atoms with Gasteiger partial charge in [0.05, 0.1) is 7.11 Å². The summed E-state index contributed by atoms with van der Waals surface area (Å²) in [5.41, 5.74) is 1.50. The van der Waals surface area contributed by atoms with Gasteiger partial charge in [-0.2, -0.15) is 5.26 Å². The zero-order chi connectivity index (χ0) is 10.6. The second-order valence-electron chi connectivity index (χ2n) is 2.75. The lowest BCUT2D eigenvalue weighted by molar-refractivity contribution is -0.111. The van der Waals surface area contributed by atoms with Crippen molar-refractivity contribution in [2.45, 2.75) is 6.92 Å². The van der Waals surface area contributed by atoms with Gasteiger partial charge in [-0.05, 0) is 30.7 Å². The second kappa shape index (κ2) is 4.28. The first-order valence-corrected chi connectivity index (χ1v) is 4.03. The van der Waals surface area contributed by atoms with E-state index in [1.165, 1.54) is 6.07 Å². The number of hydrogen-bond acceptors (Lipinski definition) is 3. The molecule has 1 aromatic rings. The maximum absolute atomic E-state index is 10.7. The SMILES string of the molecule is COc1ccc(NC(=O)C#N)cc1C. The largest absolute Gasteiger partial charge is 0.496 e. The molecule has 0 bridgehead atoms. The van der Waals surface area contributed by atoms with Crippen molar-refractivity contribution < 1.29 is 9.53 Å². The number of nitrogens with zero attached hydrogens (tertiary/aromatic N) is 1. The fraction of sp³-hybridized carbons (Fsp3) is 0.200. The van der Waals surface area contributed by atoms with Gasteiger partial charge in [-0.15, -0.1) is 0 Å². The van der Waals surface area contributed by atoms with Gasteiger partial charge in [0.25, 0.3) is 0 Å². The van der Waals surface area contributed by atoms with Crippen molar-refractivity contribution in [3.05, 3.63) is 23.8 Å². The molecule has 0 aromatic heterocycles. The first kappa shape index (κ1) is 10.1. The predicted octanol–water partition coefficient (Wildman–Crippen LogP) is 1.47. The topological polar surface area (TPSA) is 62.1 Å². The first-order valence-electron chi connectivity index (χ1n) is 4.03. The number of nitriles is 1. The predicted molar refractivity (Wildman–Crippen MR) is 52.0 cm³/mol. The summed E-state index contributed by atoms with van der Waals surface area (Å²) in [6.45, 7) is 1.86. The molecule has 1 amide bonds. The second-order valence-corrected chi connectivity index (χ2v) is 2.75. The summed E-state index contributed by atoms with van der Waals surface area (Å²) in [6.07, 6.45) is 0. The number of ether oxygens (including phenoxy) is 1. The van der Waals surface area contributed by atoms with Gasteiger partial charge in [-0.1, -0.05) is 0 Å². The minimum Gasteiger partial charge on any atom is -0.496 e. The van der Waals surface area contributed by atoms with E-state index in [2.05, 4.69) is 5.32 Å². The molecule has 4 nitrogen and oxygen atoms in total. The Kier molecular flexibility index (Phi) is 3.08. The van der Waals surface area contributed by atoms with E-state index < -0.39 is 5.91 Å². The summed E-state index contributed by atoms with van der Waals surface area (Å²) >= 11 is 0. The lowest BCUT2D eigenvalue weighted by atomic mass is 10.2. The molecular weight excluding hydrogens is 180 g/mol. The third kappa shape index (κ3) is 2.23. The van der Waals surface area contributed by atoms with E-state index in [1.54, 1.807) is 25.3 Å². The Labute approximate surface area is 82.1 Å². The maximum Gasteiger partial charge on any atom is 0.326 e. The average molecular weight is 190 g/mol. The summed E-state index contributed by atoms with van der Waals surface area (Å²) in [4.78, 5) is 10.7. The molecule has 0 fully saturated rings. The van der Waals surface area contributed by atoms with E-state index in [4.69, 9.17) is 10.00 Å². The summed E-state index contributed by atoms with van der Waals surface area (Å²) in [7, 11) is 1.58. The van der Waals surface area contributed by atoms with Gasteiger partial charge in [0.15, 0.2) is 6.07 Å². The molecule has 0 aliphatic rings. The monoisotopic (exact) mass is 190 g/mol. The highest BCUT2D eigenvalue weighted by Crippen LogP contribution is 2.21. The molecule has 0 atom stereocenters. The zero-order valence-electron chi connectivity index (χ0n) is 8.00. The van der Waals surface area contributed by atoms with Crippen LogP contribution < -0.4 is 10.1 Å². The lowest BCUT2D eigenvalue weighted by Gasteiger charge is -2.06. The minimum atomic E-state index is -0.672. The van der Waals surface area contributed by atoms with Gasteiger partial charge in [0.2, 0.25) is 0 Å². The molecule has 1 aromatic carbocycles. The van der Waals surface area contributed by atoms with Crippen LogP contribution in [0.2, 0.25) is 0 Å². The Balaban J connectivity index is 2.87. The van der Waals surface area contributed by atoms with Gasteiger partial charge >= 0.3 is 5.91 Å². The fourth-order valence-corrected chi connectivity index (χ4v) is 1.12. The van der Waals surface area contributed by atoms with E-state index in [-0.39, 0.29) is 0 Å². The van der Waals surface area contributed by atoms with Crippen molar-refractivity contribution in [2.75, 3.05) is 12.4 Å². The number of benzene rings is 1. The smallest absolute Gasteiger partial charge is 0.326 e. The molecule has 1 rings (SSSR count). The summed E-state index contributed by atoms with van der Waals surface area (Å²) in [5.74, 6) is 0.0783. The molecule has 0 aliphatic carbocycles. The van der Waals surface area contributed by atoms with Gasteiger partial charge in [-0.3, -0.25) is 4.79 Å². The molecule has 0 aliphatic heterocycles. The quantitative estimate of drug-likeness (QED) is 0.718. The van der Waals surface area contributed by atoms with Crippen LogP contribution in [0.25, 0.3) is 0 Å². The summed E-state index contributed by atoms with van der Waals surface area (Å²) in [5, 5.41) is 10.7. The molecule has 0 saturated carbocycles. The maximum atomic E-state index is 10.7. The number of aryl methyl sites for hydroxylation is 1. The summed E-state index contributed by atoms with van der Waals surface area (Å²) in [6, 6.07) is 6.64. The Morgan fingerprint density at radius 2 is 2.29 bits per heavy atom. The first-order chi connectivity index (χ1) is 6.67. The fourth-order valence-electron chi connectivity index (χ4n) is 1.12. The van der Waals surface area contributed by atoms with Crippen LogP contribution in [-0.2, 0) is 4.79 Å². The molecular formula is C10H10N2O2. The van der Waals surface area contributed by atoms with Crippen LogP contribution in [0.1, 0.15) is 5.56 Å². The highest BCUT2D eigenvalue weighted by molar-refractivity contribution is 6.02. The number of nitrogens with one attached hydrogen (secondary N) is 1. The van der Waals surface area contributed by atoms with Crippen LogP contribution in [0.4, 0.5) is 5.69 Å². The molecule has 14 heavy (non-hydrogen) atoms. The van der Waals surface area contributed by atoms with Crippen molar-refractivity contribution >= 4 is 11.6 Å². The van der Waals surface area contributed by atoms with Crippen LogP contribution in [0, 0.1) is 18.3 Å². The molecule has 0 unspecified atom stereocenters. The average Bonchev–Trinajstić information content (AvgIpc) is 2.18. The van der Waals surface area contributed by atoms with Crippen molar-refractivity contribution in [2.24, 2.45) is 0 Å². The van der Waals surface area contributed by atoms with E-state index in [1.807, 2.05) is 6.92 Å². The minimum absolute atomic E-state index is 0.592. The molecule has 0 radical (unpaired) electrons. The molecule has 72 valence electrons. The summed E-state index contributed by atoms with van der Waals surface area (Å²) < 4.78 is 5.05. The highest BCUT2D eigenvalue weighted by Gasteiger charge is 2.02. The lowest BCUT2D eigenvalue weighted by Crippen LogP contribution is -2.08. The highest BCUT2D eigenvalue weighted by atomic mass is 16.5. The van der Waals surface area contributed by atoms with Crippen molar-refractivity contribution in [3.8, 4) is 11.8 Å². The van der Waals surface area contributed by atoms with Crippen LogP contribution in [-0.4, -0.2) is 13.0 Å². The van der Waals surface area contributed by atoms with Gasteiger partial charge < -0.3 is 10.1 Å². The Hall–Kier alpha value is -2.02. The van der Waals surface area contributed by atoms with Crippen LogP contribution in [0.5, 0.6) is 5.75 Å². The van der Waals surface area contributed by atoms with E-state index >= 15 is 0 Å². The van der Waals surface area contributed by atoms with Crippen LogP contribution >= 0.6 is 0 Å². The van der Waals surface area contributed by atoms with Crippen molar-refractivity contribution in [3.63, 3.8) is 0 Å². The van der Waals surface area contributed by atoms with Crippen LogP contribution in [0.3, 0.4) is 0 Å². The molecule has 1 N–H and O–H groups in total. The Morgan fingerprint density at radius 1 is 1.57 bits per heavy atom. The van der Waals surface area contributed by atoms with E-state index in [0.717, 1.165) is 11.3 Å². The van der Waals surface area contributed by atoms with Crippen molar-refractivity contribution in [1.82, 2.24) is 0 Å². The number of hydrogen-bond donors (Lipinski definition) is 1. The number of methoxy groups -OCH3 is 1. The number of carbonyl (C=O) groups is 1. The van der Waals surface area contributed by atoms with Gasteiger partial charge in [-0.25, -0.2) is 0 Å². The molecule has 4 heteroatoms. The Morgan fingerprint density at radius 3 is 2.79 bits per heavy atom. The molecule has 0 heterocycles. The van der Waals surface area contributed by atoms with Gasteiger partial charge in [0.1, 0.15) is 5.75 Å². The molecule has 0 saturated heterocycles. The zero-order valence-corrected chi connectivity index (χ0v) is 8.00. The third-order valence-corrected chi connectivity index (χ3v) is 1.75. The Bertz CT molecular complexity index is 394. The van der Waals surface area contributed by atoms with Crippen LogP contribution in [0.15, 0.2) is 18.2 Å². The number of rotatable bonds is 2. The number of anilines is 1. The number of carbonyl (C=O) groups excluding carboxylic acids is 1. The van der Waals surface area contributed by atoms with E-state index in [0.29, 0.717) is 5.69 Å². The van der Waals surface area contributed by atoms with Crippen molar-refractivity contribution in [1.29, 1.82) is 5.26 Å². The third-order valence-electron chi connectivity index (χ3n) is 1.75. The normalized spacial score (nSPS) is 8.93. The number of amides is 1. The van der Waals surface area contributed by atoms with E-state index in [9.17, 15) is 4.79 Å². The standard InChI is InChI=1S/C10H10N2O2/c1-7-5-8(12-10(13)6-11)3-4-9(7)14-2/h3-5H,1-2H3,(H,12,13). The molecule has 0 spiro atoms. The van der Waals surface area contributed by atoms with Gasteiger partial charge in [0, 0.05) is 5.69 Å².